The van der Waals surface area contributed by atoms with Crippen LogP contribution in [0.25, 0.3) is 0 Å². The molecule has 0 radical (unpaired) electrons. The van der Waals surface area contributed by atoms with Gasteiger partial charge in [0.05, 0.1) is 0 Å². The zero-order chi connectivity index (χ0) is 15.3. The average Bonchev–Trinajstić information content (AvgIpc) is 2.32. The van der Waals surface area contributed by atoms with Gasteiger partial charge in [-0.25, -0.2) is 4.79 Å². The van der Waals surface area contributed by atoms with Crippen LogP contribution in [-0.2, 0) is 9.59 Å². The van der Waals surface area contributed by atoms with Gasteiger partial charge in [0.2, 0.25) is 5.91 Å². The average molecular weight is 344 g/mol. The number of benzene rings is 1. The van der Waals surface area contributed by atoms with E-state index < -0.39 is 23.8 Å². The van der Waals surface area contributed by atoms with E-state index in [-0.39, 0.29) is 18.4 Å². The molecule has 1 aromatic carbocycles. The van der Waals surface area contributed by atoms with Crippen LogP contribution in [0.3, 0.4) is 0 Å². The summed E-state index contributed by atoms with van der Waals surface area (Å²) >= 11 is 3.19. The van der Waals surface area contributed by atoms with Gasteiger partial charge in [0.1, 0.15) is 6.04 Å². The zero-order valence-electron chi connectivity index (χ0n) is 10.4. The predicted molar refractivity (Wildman–Crippen MR) is 75.9 cm³/mol. The number of nitrogen functional groups attached to an aromatic ring is 1. The molecule has 1 atom stereocenters. The topological polar surface area (TPSA) is 136 Å². The quantitative estimate of drug-likeness (QED) is 0.557. The first-order chi connectivity index (χ1) is 9.29. The number of amides is 2. The SMILES string of the molecule is NC(=O)CCC(NC(=O)c1cc(N)cc(Br)c1)C(=O)O. The second-order valence-corrected chi connectivity index (χ2v) is 5.06. The maximum absolute atomic E-state index is 11.9. The minimum absolute atomic E-state index is 0.0696. The summed E-state index contributed by atoms with van der Waals surface area (Å²) in [6.07, 6.45) is -0.197. The number of nitrogens with one attached hydrogen (secondary N) is 1. The Morgan fingerprint density at radius 2 is 1.95 bits per heavy atom. The normalized spacial score (nSPS) is 11.7. The number of anilines is 1. The maximum Gasteiger partial charge on any atom is 0.326 e. The van der Waals surface area contributed by atoms with Crippen molar-refractivity contribution >= 4 is 39.4 Å². The summed E-state index contributed by atoms with van der Waals surface area (Å²) in [5, 5.41) is 11.3. The minimum Gasteiger partial charge on any atom is -0.480 e. The van der Waals surface area contributed by atoms with E-state index in [2.05, 4.69) is 21.2 Å². The predicted octanol–water partition coefficient (Wildman–Crippen LogP) is 0.480. The van der Waals surface area contributed by atoms with Crippen LogP contribution in [0.5, 0.6) is 0 Å². The number of primary amides is 1. The maximum atomic E-state index is 11.9. The zero-order valence-corrected chi connectivity index (χ0v) is 12.0. The lowest BCUT2D eigenvalue weighted by molar-refractivity contribution is -0.139. The highest BCUT2D eigenvalue weighted by atomic mass is 79.9. The van der Waals surface area contributed by atoms with E-state index in [4.69, 9.17) is 16.6 Å². The lowest BCUT2D eigenvalue weighted by atomic mass is 10.1. The van der Waals surface area contributed by atoms with Gasteiger partial charge in [-0.2, -0.15) is 0 Å². The van der Waals surface area contributed by atoms with Crippen LogP contribution in [0.1, 0.15) is 23.2 Å². The molecule has 8 heteroatoms. The molecular weight excluding hydrogens is 330 g/mol. The molecule has 0 bridgehead atoms. The number of halogens is 1. The fourth-order valence-electron chi connectivity index (χ4n) is 1.53. The van der Waals surface area contributed by atoms with Crippen molar-refractivity contribution in [2.45, 2.75) is 18.9 Å². The van der Waals surface area contributed by atoms with Crippen molar-refractivity contribution in [1.82, 2.24) is 5.32 Å². The van der Waals surface area contributed by atoms with Crippen LogP contribution in [0.2, 0.25) is 0 Å². The van der Waals surface area contributed by atoms with Crippen molar-refractivity contribution in [3.63, 3.8) is 0 Å². The van der Waals surface area contributed by atoms with Crippen LogP contribution in [0, 0.1) is 0 Å². The van der Waals surface area contributed by atoms with Crippen molar-refractivity contribution in [3.8, 4) is 0 Å². The van der Waals surface area contributed by atoms with Crippen LogP contribution < -0.4 is 16.8 Å². The second kappa shape index (κ2) is 6.90. The highest BCUT2D eigenvalue weighted by molar-refractivity contribution is 9.10. The van der Waals surface area contributed by atoms with Gasteiger partial charge in [-0.05, 0) is 24.6 Å². The molecule has 0 saturated carbocycles. The Bertz CT molecular complexity index is 527. The van der Waals surface area contributed by atoms with Crippen LogP contribution in [0.15, 0.2) is 22.7 Å². The van der Waals surface area contributed by atoms with Gasteiger partial charge in [0.15, 0.2) is 0 Å². The smallest absolute Gasteiger partial charge is 0.326 e. The van der Waals surface area contributed by atoms with Gasteiger partial charge in [0.25, 0.3) is 5.91 Å². The summed E-state index contributed by atoms with van der Waals surface area (Å²) < 4.78 is 0.603. The first-order valence-electron chi connectivity index (χ1n) is 5.67. The van der Waals surface area contributed by atoms with Gasteiger partial charge in [-0.1, -0.05) is 15.9 Å². The molecule has 1 aromatic rings. The van der Waals surface area contributed by atoms with Crippen LogP contribution >= 0.6 is 15.9 Å². The Kier molecular flexibility index (Phi) is 5.51. The molecule has 20 heavy (non-hydrogen) atoms. The number of carbonyl (C=O) groups excluding carboxylic acids is 2. The third-order valence-corrected chi connectivity index (χ3v) is 2.92. The fourth-order valence-corrected chi connectivity index (χ4v) is 2.04. The Morgan fingerprint density at radius 3 is 2.45 bits per heavy atom. The molecule has 2 amide bonds. The number of carboxylic acid groups (broad SMARTS) is 1. The number of carboxylic acids is 1. The molecule has 0 fully saturated rings. The molecular formula is C12H14BrN3O4. The summed E-state index contributed by atoms with van der Waals surface area (Å²) in [5.41, 5.74) is 11.1. The number of nitrogens with two attached hydrogens (primary N) is 2. The molecule has 0 spiro atoms. The first-order valence-corrected chi connectivity index (χ1v) is 6.47. The molecule has 0 aliphatic carbocycles. The standard InChI is InChI=1S/C12H14BrN3O4/c13-7-3-6(4-8(14)5-7)11(18)16-9(12(19)20)1-2-10(15)17/h3-5,9H,1-2,14H2,(H2,15,17)(H,16,18)(H,19,20). The molecule has 0 aliphatic heterocycles. The fraction of sp³-hybridized carbons (Fsp3) is 0.250. The molecule has 0 aromatic heterocycles. The van der Waals surface area contributed by atoms with E-state index in [0.717, 1.165) is 0 Å². The lowest BCUT2D eigenvalue weighted by Crippen LogP contribution is -2.41. The summed E-state index contributed by atoms with van der Waals surface area (Å²) in [7, 11) is 0. The summed E-state index contributed by atoms with van der Waals surface area (Å²) in [4.78, 5) is 33.6. The van der Waals surface area contributed by atoms with Gasteiger partial charge in [0, 0.05) is 22.1 Å². The van der Waals surface area contributed by atoms with Crippen LogP contribution in [-0.4, -0.2) is 28.9 Å². The summed E-state index contributed by atoms with van der Waals surface area (Å²) in [6.45, 7) is 0. The highest BCUT2D eigenvalue weighted by Gasteiger charge is 2.21. The number of carbonyl (C=O) groups is 3. The van der Waals surface area contributed by atoms with E-state index in [1.165, 1.54) is 12.1 Å². The molecule has 1 rings (SSSR count). The first kappa shape index (κ1) is 16.0. The highest BCUT2D eigenvalue weighted by Crippen LogP contribution is 2.17. The van der Waals surface area contributed by atoms with E-state index in [9.17, 15) is 14.4 Å². The molecule has 0 aliphatic rings. The summed E-state index contributed by atoms with van der Waals surface area (Å²) in [6, 6.07) is 3.36. The van der Waals surface area contributed by atoms with E-state index in [1.54, 1.807) is 6.07 Å². The Morgan fingerprint density at radius 1 is 1.30 bits per heavy atom. The Hall–Kier alpha value is -2.09. The van der Waals surface area contributed by atoms with Crippen molar-refractivity contribution < 1.29 is 19.5 Å². The molecule has 0 heterocycles. The van der Waals surface area contributed by atoms with Gasteiger partial charge in [-0.15, -0.1) is 0 Å². The third-order valence-electron chi connectivity index (χ3n) is 2.47. The molecule has 7 nitrogen and oxygen atoms in total. The minimum atomic E-state index is -1.23. The number of hydrogen-bond acceptors (Lipinski definition) is 4. The molecule has 6 N–H and O–H groups in total. The van der Waals surface area contributed by atoms with E-state index in [0.29, 0.717) is 10.2 Å². The second-order valence-electron chi connectivity index (χ2n) is 4.14. The molecule has 0 saturated heterocycles. The molecule has 1 unspecified atom stereocenters. The van der Waals surface area contributed by atoms with Gasteiger partial charge >= 0.3 is 5.97 Å². The third kappa shape index (κ3) is 4.88. The van der Waals surface area contributed by atoms with Gasteiger partial charge in [-0.3, -0.25) is 9.59 Å². The number of aliphatic carboxylic acids is 1. The summed E-state index contributed by atoms with van der Waals surface area (Å²) in [5.74, 6) is -2.45. The lowest BCUT2D eigenvalue weighted by Gasteiger charge is -2.14. The largest absolute Gasteiger partial charge is 0.480 e. The van der Waals surface area contributed by atoms with E-state index >= 15 is 0 Å². The monoisotopic (exact) mass is 343 g/mol. The number of hydrogen-bond donors (Lipinski definition) is 4. The molecule has 108 valence electrons. The van der Waals surface area contributed by atoms with Crippen molar-refractivity contribution in [1.29, 1.82) is 0 Å². The van der Waals surface area contributed by atoms with Crippen molar-refractivity contribution in [3.05, 3.63) is 28.2 Å². The van der Waals surface area contributed by atoms with Crippen molar-refractivity contribution in [2.75, 3.05) is 5.73 Å². The van der Waals surface area contributed by atoms with Crippen LogP contribution in [0.4, 0.5) is 5.69 Å². The van der Waals surface area contributed by atoms with Gasteiger partial charge < -0.3 is 21.9 Å². The van der Waals surface area contributed by atoms with Crippen molar-refractivity contribution in [2.24, 2.45) is 5.73 Å². The number of rotatable bonds is 6. The van der Waals surface area contributed by atoms with E-state index in [1.807, 2.05) is 0 Å². The Balaban J connectivity index is 2.79. The Labute approximate surface area is 123 Å².